The standard InChI is InChI=1S/C25H31N3O2.2C2HF3O2/c29-25(27-17-19-3-9-22(10-4-19)28-11-13-30-14-12-28)21-7-5-20(6-8-21)23-15-24(23)26-16-18-1-2-18;2*3-2(4,5)1(6)7/h3-10,18,23-24,26H,1-2,11-17H2,(H,27,29);2*(H,6,7). The van der Waals surface area contributed by atoms with E-state index in [0.717, 1.165) is 43.3 Å². The maximum absolute atomic E-state index is 12.5. The molecule has 1 aliphatic heterocycles. The number of nitrogens with zero attached hydrogens (tertiary/aromatic N) is 1. The lowest BCUT2D eigenvalue weighted by molar-refractivity contribution is -0.193. The number of anilines is 1. The van der Waals surface area contributed by atoms with Gasteiger partial charge in [0.2, 0.25) is 0 Å². The zero-order chi connectivity index (χ0) is 32.5. The summed E-state index contributed by atoms with van der Waals surface area (Å²) in [4.78, 5) is 32.7. The zero-order valence-electron chi connectivity index (χ0n) is 23.5. The monoisotopic (exact) mass is 633 g/mol. The van der Waals surface area contributed by atoms with Crippen LogP contribution < -0.4 is 15.5 Å². The number of halogens is 6. The third-order valence-corrected chi connectivity index (χ3v) is 7.01. The third-order valence-electron chi connectivity index (χ3n) is 7.01. The molecule has 242 valence electrons. The molecule has 15 heteroatoms. The minimum absolute atomic E-state index is 0.0157. The molecule has 1 heterocycles. The Hall–Kier alpha value is -3.85. The van der Waals surface area contributed by atoms with Crippen molar-refractivity contribution >= 4 is 23.5 Å². The summed E-state index contributed by atoms with van der Waals surface area (Å²) in [5.41, 5.74) is 4.40. The largest absolute Gasteiger partial charge is 0.490 e. The molecule has 2 aromatic rings. The van der Waals surface area contributed by atoms with Gasteiger partial charge in [0.25, 0.3) is 5.91 Å². The van der Waals surface area contributed by atoms with Gasteiger partial charge in [-0.25, -0.2) is 9.59 Å². The number of carboxylic acid groups (broad SMARTS) is 2. The number of carbonyl (C=O) groups excluding carboxylic acids is 1. The number of alkyl halides is 6. The summed E-state index contributed by atoms with van der Waals surface area (Å²) in [6.07, 6.45) is -6.16. The number of carboxylic acids is 2. The number of hydrogen-bond acceptors (Lipinski definition) is 6. The predicted octanol–water partition coefficient (Wildman–Crippen LogP) is 4.58. The van der Waals surface area contributed by atoms with Gasteiger partial charge in [0.1, 0.15) is 0 Å². The highest BCUT2D eigenvalue weighted by Gasteiger charge is 2.39. The van der Waals surface area contributed by atoms with Gasteiger partial charge in [0, 0.05) is 42.8 Å². The molecule has 1 amide bonds. The van der Waals surface area contributed by atoms with Gasteiger partial charge < -0.3 is 30.5 Å². The Morgan fingerprint density at radius 2 is 1.36 bits per heavy atom. The number of carbonyl (C=O) groups is 3. The van der Waals surface area contributed by atoms with Crippen LogP contribution in [0.1, 0.15) is 46.7 Å². The van der Waals surface area contributed by atoms with Crippen LogP contribution in [0.15, 0.2) is 48.5 Å². The summed E-state index contributed by atoms with van der Waals surface area (Å²) in [5, 5.41) is 21.0. The average molecular weight is 634 g/mol. The van der Waals surface area contributed by atoms with Crippen molar-refractivity contribution in [2.75, 3.05) is 37.7 Å². The fraction of sp³-hybridized carbons (Fsp3) is 0.483. The van der Waals surface area contributed by atoms with E-state index in [2.05, 4.69) is 51.9 Å². The fourth-order valence-electron chi connectivity index (χ4n) is 4.24. The molecule has 3 fully saturated rings. The van der Waals surface area contributed by atoms with Crippen LogP contribution in [0, 0.1) is 5.92 Å². The van der Waals surface area contributed by atoms with Gasteiger partial charge in [-0.3, -0.25) is 4.79 Å². The minimum Gasteiger partial charge on any atom is -0.475 e. The van der Waals surface area contributed by atoms with Gasteiger partial charge in [-0.05, 0) is 67.1 Å². The molecule has 2 aromatic carbocycles. The molecule has 2 aliphatic carbocycles. The smallest absolute Gasteiger partial charge is 0.475 e. The van der Waals surface area contributed by atoms with E-state index in [1.807, 2.05) is 12.1 Å². The van der Waals surface area contributed by atoms with Crippen LogP contribution in [0.2, 0.25) is 0 Å². The first-order chi connectivity index (χ1) is 20.6. The Morgan fingerprint density at radius 1 is 0.841 bits per heavy atom. The Bertz CT molecular complexity index is 1220. The highest BCUT2D eigenvalue weighted by molar-refractivity contribution is 5.94. The molecule has 0 aromatic heterocycles. The van der Waals surface area contributed by atoms with Crippen molar-refractivity contribution in [1.82, 2.24) is 10.6 Å². The summed E-state index contributed by atoms with van der Waals surface area (Å²) >= 11 is 0. The fourth-order valence-corrected chi connectivity index (χ4v) is 4.24. The number of rotatable bonds is 8. The van der Waals surface area contributed by atoms with Gasteiger partial charge in [0.15, 0.2) is 0 Å². The van der Waals surface area contributed by atoms with Crippen molar-refractivity contribution in [3.63, 3.8) is 0 Å². The normalized spacial score (nSPS) is 19.5. The van der Waals surface area contributed by atoms with Crippen LogP contribution in [0.25, 0.3) is 0 Å². The van der Waals surface area contributed by atoms with Crippen LogP contribution >= 0.6 is 0 Å². The summed E-state index contributed by atoms with van der Waals surface area (Å²) in [7, 11) is 0. The molecule has 0 radical (unpaired) electrons. The molecular weight excluding hydrogens is 600 g/mol. The molecule has 9 nitrogen and oxygen atoms in total. The van der Waals surface area contributed by atoms with E-state index >= 15 is 0 Å². The molecule has 2 unspecified atom stereocenters. The number of ether oxygens (including phenoxy) is 1. The van der Waals surface area contributed by atoms with E-state index < -0.39 is 24.3 Å². The highest BCUT2D eigenvalue weighted by Crippen LogP contribution is 2.41. The predicted molar refractivity (Wildman–Crippen MR) is 146 cm³/mol. The first-order valence-corrected chi connectivity index (χ1v) is 13.8. The number of benzene rings is 2. The minimum atomic E-state index is -5.08. The lowest BCUT2D eigenvalue weighted by Gasteiger charge is -2.28. The lowest BCUT2D eigenvalue weighted by Crippen LogP contribution is -2.36. The van der Waals surface area contributed by atoms with E-state index in [1.54, 1.807) is 0 Å². The van der Waals surface area contributed by atoms with Gasteiger partial charge in [-0.15, -0.1) is 0 Å². The maximum Gasteiger partial charge on any atom is 0.490 e. The van der Waals surface area contributed by atoms with E-state index in [0.29, 0.717) is 18.5 Å². The molecule has 0 spiro atoms. The molecule has 2 saturated carbocycles. The SMILES string of the molecule is O=C(NCc1ccc(N2CCOCC2)cc1)c1ccc(C2CC2NCC2CC2)cc1.O=C(O)C(F)(F)F.O=C(O)C(F)(F)F. The molecule has 3 aliphatic rings. The molecule has 5 rings (SSSR count). The average Bonchev–Trinajstić information content (AvgIpc) is 3.91. The second-order valence-corrected chi connectivity index (χ2v) is 10.5. The number of amides is 1. The molecule has 4 N–H and O–H groups in total. The summed E-state index contributed by atoms with van der Waals surface area (Å²) < 4.78 is 68.9. The van der Waals surface area contributed by atoms with Gasteiger partial charge >= 0.3 is 24.3 Å². The van der Waals surface area contributed by atoms with Crippen molar-refractivity contribution in [3.05, 3.63) is 65.2 Å². The summed E-state index contributed by atoms with van der Waals surface area (Å²) in [6.45, 7) is 5.16. The van der Waals surface area contributed by atoms with Crippen LogP contribution in [-0.4, -0.2) is 79.3 Å². The number of aliphatic carboxylic acids is 2. The quantitative estimate of drug-likeness (QED) is 0.312. The number of nitrogens with one attached hydrogen (secondary N) is 2. The Morgan fingerprint density at radius 3 is 1.84 bits per heavy atom. The van der Waals surface area contributed by atoms with E-state index in [-0.39, 0.29) is 5.91 Å². The first-order valence-electron chi connectivity index (χ1n) is 13.8. The van der Waals surface area contributed by atoms with Crippen LogP contribution in [0.3, 0.4) is 0 Å². The zero-order valence-corrected chi connectivity index (χ0v) is 23.5. The van der Waals surface area contributed by atoms with E-state index in [4.69, 9.17) is 24.5 Å². The maximum atomic E-state index is 12.5. The molecule has 0 bridgehead atoms. The summed E-state index contributed by atoms with van der Waals surface area (Å²) in [5.74, 6) is -3.99. The van der Waals surface area contributed by atoms with E-state index in [9.17, 15) is 31.1 Å². The lowest BCUT2D eigenvalue weighted by atomic mass is 10.1. The second kappa shape index (κ2) is 15.2. The Kier molecular flexibility index (Phi) is 12.0. The summed E-state index contributed by atoms with van der Waals surface area (Å²) in [6, 6.07) is 17.2. The van der Waals surface area contributed by atoms with Crippen LogP contribution in [-0.2, 0) is 20.9 Å². The van der Waals surface area contributed by atoms with Crippen molar-refractivity contribution in [3.8, 4) is 0 Å². The number of hydrogen-bond donors (Lipinski definition) is 4. The van der Waals surface area contributed by atoms with Crippen molar-refractivity contribution in [2.24, 2.45) is 5.92 Å². The second-order valence-electron chi connectivity index (χ2n) is 10.5. The molecule has 1 saturated heterocycles. The highest BCUT2D eigenvalue weighted by atomic mass is 19.4. The van der Waals surface area contributed by atoms with Gasteiger partial charge in [0.05, 0.1) is 13.2 Å². The Balaban J connectivity index is 0.000000317. The first kappa shape index (κ1) is 34.6. The molecular formula is C29H33F6N3O6. The number of morpholine rings is 1. The van der Waals surface area contributed by atoms with E-state index in [1.165, 1.54) is 37.1 Å². The van der Waals surface area contributed by atoms with Crippen LogP contribution in [0.4, 0.5) is 32.0 Å². The molecule has 2 atom stereocenters. The Labute approximate surface area is 249 Å². The van der Waals surface area contributed by atoms with Crippen LogP contribution in [0.5, 0.6) is 0 Å². The van der Waals surface area contributed by atoms with Gasteiger partial charge in [-0.2, -0.15) is 26.3 Å². The van der Waals surface area contributed by atoms with Crippen molar-refractivity contribution < 1.29 is 55.7 Å². The third kappa shape index (κ3) is 11.7. The molecule has 44 heavy (non-hydrogen) atoms. The van der Waals surface area contributed by atoms with Crippen molar-refractivity contribution in [2.45, 2.75) is 50.1 Å². The topological polar surface area (TPSA) is 128 Å². The van der Waals surface area contributed by atoms with Gasteiger partial charge in [-0.1, -0.05) is 24.3 Å². The van der Waals surface area contributed by atoms with Crippen molar-refractivity contribution in [1.29, 1.82) is 0 Å².